The van der Waals surface area contributed by atoms with Gasteiger partial charge in [0.25, 0.3) is 0 Å². The molecule has 62 heavy (non-hydrogen) atoms. The fourth-order valence-electron chi connectivity index (χ4n) is 9.85. The second kappa shape index (κ2) is 14.3. The smallest absolute Gasteiger partial charge is 0.496 e. The Morgan fingerprint density at radius 2 is 0.903 bits per heavy atom. The number of hydrogen-bond acceptors (Lipinski definition) is 5. The second-order valence-electron chi connectivity index (χ2n) is 17.2. The van der Waals surface area contributed by atoms with Crippen LogP contribution in [-0.4, -0.2) is 26.1 Å². The molecule has 0 spiro atoms. The van der Waals surface area contributed by atoms with Gasteiger partial charge >= 0.3 is 21.1 Å². The van der Waals surface area contributed by atoms with Crippen molar-refractivity contribution in [2.45, 2.75) is 26.2 Å². The molecule has 0 saturated heterocycles. The monoisotopic (exact) mass is 1010 g/mol. The van der Waals surface area contributed by atoms with E-state index in [4.69, 9.17) is 23.5 Å². The molecule has 300 valence electrons. The summed E-state index contributed by atoms with van der Waals surface area (Å²) < 4.78 is 19.9. The summed E-state index contributed by atoms with van der Waals surface area (Å²) in [5, 5.41) is 9.58. The van der Waals surface area contributed by atoms with Gasteiger partial charge in [0, 0.05) is 23.9 Å². The number of aromatic nitrogens is 2. The minimum atomic E-state index is -1.94. The molecule has 0 radical (unpaired) electrons. The van der Waals surface area contributed by atoms with Gasteiger partial charge in [0.05, 0.1) is 11.2 Å². The summed E-state index contributed by atoms with van der Waals surface area (Å²) in [4.78, 5) is 9.95. The van der Waals surface area contributed by atoms with Crippen LogP contribution in [0.15, 0.2) is 155 Å². The molecule has 0 atom stereocenters. The Hall–Kier alpha value is -6.38. The third-order valence-corrected chi connectivity index (χ3v) is 20.0. The number of nitrogens with zero attached hydrogens (tertiary/aromatic N) is 2. The van der Waals surface area contributed by atoms with Crippen LogP contribution < -0.4 is 15.1 Å². The molecule has 0 N–H and O–H groups in total. The summed E-state index contributed by atoms with van der Waals surface area (Å²) in [5.74, 6) is 0.967. The minimum absolute atomic E-state index is 0. The van der Waals surface area contributed by atoms with Crippen molar-refractivity contribution in [3.63, 3.8) is 0 Å². The van der Waals surface area contributed by atoms with Gasteiger partial charge in [-0.3, -0.25) is 0 Å². The van der Waals surface area contributed by atoms with Gasteiger partial charge in [0.1, 0.15) is 27.3 Å². The summed E-state index contributed by atoms with van der Waals surface area (Å²) in [5.41, 5.74) is 11.1. The predicted octanol–water partition coefficient (Wildman–Crippen LogP) is 13.0. The minimum Gasteiger partial charge on any atom is -0.496 e. The number of furan rings is 2. The largest absolute Gasteiger partial charge is 2.00 e. The number of fused-ring (bicyclic) bond motifs is 8. The van der Waals surface area contributed by atoms with E-state index in [-0.39, 0.29) is 21.1 Å². The van der Waals surface area contributed by atoms with Gasteiger partial charge in [-0.1, -0.05) is 170 Å². The zero-order valence-corrected chi connectivity index (χ0v) is 38.7. The van der Waals surface area contributed by atoms with Crippen LogP contribution in [0.3, 0.4) is 0 Å². The maximum atomic E-state index is 6.83. The average Bonchev–Trinajstić information content (AvgIpc) is 4.00. The van der Waals surface area contributed by atoms with Crippen LogP contribution in [0.25, 0.3) is 88.9 Å². The first-order valence-corrected chi connectivity index (χ1v) is 26.7. The summed E-state index contributed by atoms with van der Waals surface area (Å²) in [6.45, 7) is 9.71. The van der Waals surface area contributed by atoms with Gasteiger partial charge in [-0.05, 0) is 89.4 Å². The zero-order chi connectivity index (χ0) is 41.0. The molecule has 0 aliphatic carbocycles. The number of benzene rings is 6. The summed E-state index contributed by atoms with van der Waals surface area (Å²) >= 11 is 0. The maximum absolute atomic E-state index is 6.83. The SMILES string of the molecule is C[Si]1(C)C(c2ccnc(-c3[c-]c(Oc4[c-]c(-c5cc(C6=Cc7ccccc7[Si]6(C)C)ccn5)c5c(c4)oc4ccccc45)cc4oc5ccccc5c34)c2)=Cc2ccccc21.[Pt+2]. The molecule has 0 bridgehead atoms. The Balaban J connectivity index is 0.00000432. The van der Waals surface area contributed by atoms with E-state index in [2.05, 4.69) is 135 Å². The molecule has 0 saturated carbocycles. The van der Waals surface area contributed by atoms with Crippen LogP contribution >= 0.6 is 0 Å². The zero-order valence-electron chi connectivity index (χ0n) is 34.4. The van der Waals surface area contributed by atoms with Gasteiger partial charge in [-0.15, -0.1) is 11.1 Å². The van der Waals surface area contributed by atoms with Gasteiger partial charge in [0.2, 0.25) is 0 Å². The number of para-hydroxylation sites is 2. The average molecular weight is 1010 g/mol. The van der Waals surface area contributed by atoms with Crippen molar-refractivity contribution in [1.29, 1.82) is 0 Å². The Morgan fingerprint density at radius 3 is 1.35 bits per heavy atom. The number of hydrogen-bond donors (Lipinski definition) is 0. The van der Waals surface area contributed by atoms with Crippen LogP contribution in [0.5, 0.6) is 11.5 Å². The number of rotatable bonds is 6. The van der Waals surface area contributed by atoms with Crippen molar-refractivity contribution in [3.05, 3.63) is 180 Å². The van der Waals surface area contributed by atoms with E-state index in [9.17, 15) is 0 Å². The van der Waals surface area contributed by atoms with E-state index >= 15 is 0 Å². The Morgan fingerprint density at radius 1 is 0.484 bits per heavy atom. The van der Waals surface area contributed by atoms with E-state index in [1.165, 1.54) is 43.0 Å². The Kier molecular flexibility index (Phi) is 8.92. The molecular weight excluding hydrogens is 976 g/mol. The van der Waals surface area contributed by atoms with Crippen LogP contribution in [-0.2, 0) is 21.1 Å². The van der Waals surface area contributed by atoms with Gasteiger partial charge in [-0.25, -0.2) is 0 Å². The predicted molar refractivity (Wildman–Crippen MR) is 255 cm³/mol. The van der Waals surface area contributed by atoms with Crippen LogP contribution in [0.2, 0.25) is 26.2 Å². The van der Waals surface area contributed by atoms with Crippen LogP contribution in [0, 0.1) is 12.1 Å². The second-order valence-corrected chi connectivity index (χ2v) is 25.8. The van der Waals surface area contributed by atoms with Crippen LogP contribution in [0.4, 0.5) is 0 Å². The first kappa shape index (κ1) is 38.5. The van der Waals surface area contributed by atoms with E-state index in [0.29, 0.717) is 22.7 Å². The molecule has 2 aliphatic heterocycles. The van der Waals surface area contributed by atoms with Crippen molar-refractivity contribution in [2.24, 2.45) is 0 Å². The van der Waals surface area contributed by atoms with Gasteiger partial charge in [0.15, 0.2) is 0 Å². The maximum Gasteiger partial charge on any atom is 2.00 e. The summed E-state index contributed by atoms with van der Waals surface area (Å²) in [6.07, 6.45) is 8.56. The van der Waals surface area contributed by atoms with E-state index in [1.54, 1.807) is 0 Å². The molecule has 5 nitrogen and oxygen atoms in total. The molecule has 8 heteroatoms. The summed E-state index contributed by atoms with van der Waals surface area (Å²) in [7, 11) is -3.89. The molecule has 0 unspecified atom stereocenters. The van der Waals surface area contributed by atoms with Crippen molar-refractivity contribution < 1.29 is 34.6 Å². The first-order chi connectivity index (χ1) is 29.7. The first-order valence-electron chi connectivity index (χ1n) is 20.7. The Labute approximate surface area is 375 Å². The van der Waals surface area contributed by atoms with Crippen molar-refractivity contribution in [3.8, 4) is 34.0 Å². The molecular formula is C54H38N2O3PtSi2. The third-order valence-electron chi connectivity index (χ3n) is 12.9. The molecule has 10 aromatic rings. The van der Waals surface area contributed by atoms with E-state index in [1.807, 2.05) is 60.9 Å². The third kappa shape index (κ3) is 5.98. The molecule has 2 aliphatic rings. The van der Waals surface area contributed by atoms with Crippen LogP contribution in [0.1, 0.15) is 22.3 Å². The van der Waals surface area contributed by atoms with Gasteiger partial charge < -0.3 is 23.5 Å². The van der Waals surface area contributed by atoms with E-state index < -0.39 is 16.1 Å². The van der Waals surface area contributed by atoms with E-state index in [0.717, 1.165) is 55.2 Å². The fourth-order valence-corrected chi connectivity index (χ4v) is 16.0. The van der Waals surface area contributed by atoms with Crippen molar-refractivity contribution in [2.75, 3.05) is 0 Å². The van der Waals surface area contributed by atoms with Gasteiger partial charge in [-0.2, -0.15) is 0 Å². The van der Waals surface area contributed by atoms with Crippen molar-refractivity contribution in [1.82, 2.24) is 9.97 Å². The number of ether oxygens (including phenoxy) is 1. The molecule has 4 aromatic heterocycles. The molecule has 6 heterocycles. The molecule has 0 amide bonds. The molecule has 0 fully saturated rings. The van der Waals surface area contributed by atoms with Crippen molar-refractivity contribution >= 4 is 92.9 Å². The number of pyridine rings is 2. The fraction of sp³-hybridized carbons (Fsp3) is 0.0741. The topological polar surface area (TPSA) is 61.3 Å². The summed E-state index contributed by atoms with van der Waals surface area (Å²) in [6, 6.07) is 53.7. The quantitative estimate of drug-likeness (QED) is 0.123. The standard InChI is InChI=1S/C54H38N2O3Si2.Pt/c1-60(2)49-19-11-5-13-33(49)27-51(60)35-21-23-55-43(25-35)41-29-37(31-47-53(41)39-15-7-9-17-45(39)58-47)57-38-30-42(54-40-16-8-10-18-46(40)59-48(54)32-38)44-26-36(22-24-56-44)52-28-34-14-6-12-20-50(34)61(52,3)4;/h5-28,31-32H,1-4H3;/q-2;+2. The molecule has 6 aromatic carbocycles. The molecule has 12 rings (SSSR count). The Bertz CT molecular complexity index is 3310. The normalized spacial score (nSPS) is 14.8.